The van der Waals surface area contributed by atoms with Gasteiger partial charge in [-0.1, -0.05) is 16.9 Å². The molecule has 1 aromatic rings. The lowest BCUT2D eigenvalue weighted by Gasteiger charge is -2.40. The summed E-state index contributed by atoms with van der Waals surface area (Å²) in [6.07, 6.45) is -2.51. The number of nitrogens with zero attached hydrogens (tertiary/aromatic N) is 1. The van der Waals surface area contributed by atoms with Crippen LogP contribution in [-0.4, -0.2) is 86.4 Å². The van der Waals surface area contributed by atoms with E-state index in [1.54, 1.807) is 27.8 Å². The lowest BCUT2D eigenvalue weighted by molar-refractivity contribution is -0.255. The van der Waals surface area contributed by atoms with Crippen molar-refractivity contribution in [2.45, 2.75) is 99.9 Å². The van der Waals surface area contributed by atoms with Crippen LogP contribution in [0.1, 0.15) is 53.9 Å². The molecule has 2 heterocycles. The standard InChI is InChI=1S/C24H38N2O8S2/c1-15(27)26-19-21(30)20(29)16(34-22(19)31)14-32-18(28)9-10-23(2,3)33-13-11-24(4,5)36-35-17-8-6-7-12-25-17/h6-8,12,16,19-22,29-31H,9-11,13-14H2,1-5H3,(H,26,27). The smallest absolute Gasteiger partial charge is 0.305 e. The Balaban J connectivity index is 1.69. The van der Waals surface area contributed by atoms with E-state index in [0.717, 1.165) is 11.4 Å². The van der Waals surface area contributed by atoms with Crippen LogP contribution in [0.25, 0.3) is 0 Å². The van der Waals surface area contributed by atoms with Crippen LogP contribution in [0.4, 0.5) is 0 Å². The Bertz CT molecular complexity index is 843. The van der Waals surface area contributed by atoms with Crippen LogP contribution >= 0.6 is 21.6 Å². The normalized spacial score (nSPS) is 24.8. The van der Waals surface area contributed by atoms with E-state index in [2.05, 4.69) is 24.1 Å². The third-order valence-corrected chi connectivity index (χ3v) is 8.88. The monoisotopic (exact) mass is 546 g/mol. The average Bonchev–Trinajstić information content (AvgIpc) is 2.81. The summed E-state index contributed by atoms with van der Waals surface area (Å²) in [5.74, 6) is -1.01. The number of hydrogen-bond donors (Lipinski definition) is 4. The van der Waals surface area contributed by atoms with Gasteiger partial charge in [0, 0.05) is 30.9 Å². The highest BCUT2D eigenvalue weighted by molar-refractivity contribution is 8.77. The van der Waals surface area contributed by atoms with Crippen LogP contribution in [0.2, 0.25) is 0 Å². The van der Waals surface area contributed by atoms with Crippen molar-refractivity contribution in [1.82, 2.24) is 10.3 Å². The number of aromatic nitrogens is 1. The molecule has 204 valence electrons. The summed E-state index contributed by atoms with van der Waals surface area (Å²) in [7, 11) is 3.37. The quantitative estimate of drug-likeness (QED) is 0.213. The second kappa shape index (κ2) is 13.9. The fraction of sp³-hybridized carbons (Fsp3) is 0.708. The maximum absolute atomic E-state index is 12.3. The van der Waals surface area contributed by atoms with Crippen molar-refractivity contribution in [3.8, 4) is 0 Å². The fourth-order valence-electron chi connectivity index (χ4n) is 3.36. The number of amides is 1. The summed E-state index contributed by atoms with van der Waals surface area (Å²) < 4.78 is 16.4. The highest BCUT2D eigenvalue weighted by Crippen LogP contribution is 2.41. The fourth-order valence-corrected chi connectivity index (χ4v) is 5.56. The van der Waals surface area contributed by atoms with Gasteiger partial charge in [-0.2, -0.15) is 0 Å². The first kappa shape index (κ1) is 30.8. The molecule has 1 amide bonds. The second-order valence-corrected chi connectivity index (χ2v) is 12.8. The van der Waals surface area contributed by atoms with Crippen molar-refractivity contribution in [2.75, 3.05) is 13.2 Å². The van der Waals surface area contributed by atoms with E-state index in [1.807, 2.05) is 32.0 Å². The van der Waals surface area contributed by atoms with Crippen molar-refractivity contribution in [2.24, 2.45) is 0 Å². The molecule has 1 fully saturated rings. The summed E-state index contributed by atoms with van der Waals surface area (Å²) in [4.78, 5) is 27.8. The van der Waals surface area contributed by atoms with Gasteiger partial charge < -0.3 is 34.8 Å². The van der Waals surface area contributed by atoms with E-state index >= 15 is 0 Å². The molecule has 1 aliphatic heterocycles. The molecular formula is C24H38N2O8S2. The zero-order valence-electron chi connectivity index (χ0n) is 21.4. The number of pyridine rings is 1. The van der Waals surface area contributed by atoms with E-state index in [1.165, 1.54) is 6.92 Å². The Morgan fingerprint density at radius 2 is 1.86 bits per heavy atom. The lowest BCUT2D eigenvalue weighted by atomic mass is 9.97. The molecule has 10 nitrogen and oxygen atoms in total. The maximum Gasteiger partial charge on any atom is 0.305 e. The molecule has 1 saturated heterocycles. The minimum atomic E-state index is -1.55. The van der Waals surface area contributed by atoms with Crippen molar-refractivity contribution in [1.29, 1.82) is 0 Å². The number of nitrogens with one attached hydrogen (secondary N) is 1. The van der Waals surface area contributed by atoms with Crippen LogP contribution in [0.15, 0.2) is 29.4 Å². The Morgan fingerprint density at radius 3 is 2.50 bits per heavy atom. The van der Waals surface area contributed by atoms with Crippen molar-refractivity contribution in [3.63, 3.8) is 0 Å². The van der Waals surface area contributed by atoms with Gasteiger partial charge in [-0.05, 0) is 63.5 Å². The predicted octanol–water partition coefficient (Wildman–Crippen LogP) is 2.05. The molecule has 0 spiro atoms. The Labute approximate surface area is 220 Å². The first-order chi connectivity index (χ1) is 16.8. The molecule has 0 aliphatic carbocycles. The Kier molecular flexibility index (Phi) is 11.9. The number of ether oxygens (including phenoxy) is 3. The number of hydrogen-bond acceptors (Lipinski definition) is 11. The topological polar surface area (TPSA) is 147 Å². The average molecular weight is 547 g/mol. The van der Waals surface area contributed by atoms with E-state index in [9.17, 15) is 24.9 Å². The van der Waals surface area contributed by atoms with E-state index < -0.39 is 48.1 Å². The van der Waals surface area contributed by atoms with Gasteiger partial charge in [-0.15, -0.1) is 0 Å². The largest absolute Gasteiger partial charge is 0.463 e. The molecule has 5 atom stereocenters. The second-order valence-electron chi connectivity index (χ2n) is 9.91. The number of aliphatic hydroxyl groups is 3. The number of carbonyl (C=O) groups is 2. The minimum absolute atomic E-state index is 0.0356. The highest BCUT2D eigenvalue weighted by Gasteiger charge is 2.44. The van der Waals surface area contributed by atoms with Crippen molar-refractivity contribution >= 4 is 33.5 Å². The van der Waals surface area contributed by atoms with Crippen LogP contribution in [0, 0.1) is 0 Å². The molecule has 0 aromatic carbocycles. The molecule has 4 N–H and O–H groups in total. The van der Waals surface area contributed by atoms with Crippen LogP contribution in [0.3, 0.4) is 0 Å². The summed E-state index contributed by atoms with van der Waals surface area (Å²) in [5.41, 5.74) is -0.549. The van der Waals surface area contributed by atoms with Gasteiger partial charge >= 0.3 is 5.97 Å². The summed E-state index contributed by atoms with van der Waals surface area (Å²) in [6.45, 7) is 9.51. The van der Waals surface area contributed by atoms with Crippen molar-refractivity contribution in [3.05, 3.63) is 24.4 Å². The summed E-state index contributed by atoms with van der Waals surface area (Å²) in [6, 6.07) is 4.64. The SMILES string of the molecule is CC(=O)NC1C(O)OC(COC(=O)CCC(C)(C)OCCC(C)(C)SSc2ccccn2)C(O)C1O. The van der Waals surface area contributed by atoms with Gasteiger partial charge in [0.15, 0.2) is 6.29 Å². The molecule has 12 heteroatoms. The highest BCUT2D eigenvalue weighted by atomic mass is 33.1. The van der Waals surface area contributed by atoms with Crippen molar-refractivity contribution < 1.29 is 39.1 Å². The van der Waals surface area contributed by atoms with Gasteiger partial charge in [0.2, 0.25) is 5.91 Å². The van der Waals surface area contributed by atoms with E-state index in [0.29, 0.717) is 13.0 Å². The number of rotatable bonds is 13. The van der Waals surface area contributed by atoms with Gasteiger partial charge in [0.1, 0.15) is 36.0 Å². The molecule has 1 aromatic heterocycles. The molecule has 5 unspecified atom stereocenters. The maximum atomic E-state index is 12.3. The molecule has 0 bridgehead atoms. The predicted molar refractivity (Wildman–Crippen MR) is 137 cm³/mol. The van der Waals surface area contributed by atoms with Gasteiger partial charge in [-0.3, -0.25) is 9.59 Å². The molecule has 2 rings (SSSR count). The van der Waals surface area contributed by atoms with E-state index in [4.69, 9.17) is 14.2 Å². The minimum Gasteiger partial charge on any atom is -0.463 e. The zero-order chi connectivity index (χ0) is 26.9. The first-order valence-corrected chi connectivity index (χ1v) is 14.0. The Hall–Kier alpha value is -1.41. The molecular weight excluding hydrogens is 508 g/mol. The molecule has 0 radical (unpaired) electrons. The van der Waals surface area contributed by atoms with E-state index in [-0.39, 0.29) is 17.8 Å². The molecule has 0 saturated carbocycles. The van der Waals surface area contributed by atoms with Gasteiger partial charge in [0.25, 0.3) is 0 Å². The third-order valence-electron chi connectivity index (χ3n) is 5.62. The Morgan fingerprint density at radius 1 is 1.14 bits per heavy atom. The third kappa shape index (κ3) is 10.5. The summed E-state index contributed by atoms with van der Waals surface area (Å²) in [5, 5.41) is 33.7. The van der Waals surface area contributed by atoms with Gasteiger partial charge in [-0.25, -0.2) is 4.98 Å². The zero-order valence-corrected chi connectivity index (χ0v) is 23.0. The lowest BCUT2D eigenvalue weighted by Crippen LogP contribution is -2.64. The number of carbonyl (C=O) groups excluding carboxylic acids is 2. The molecule has 36 heavy (non-hydrogen) atoms. The summed E-state index contributed by atoms with van der Waals surface area (Å²) >= 11 is 0. The van der Waals surface area contributed by atoms with Crippen LogP contribution in [0.5, 0.6) is 0 Å². The molecule has 1 aliphatic rings. The number of esters is 1. The van der Waals surface area contributed by atoms with Crippen LogP contribution < -0.4 is 5.32 Å². The van der Waals surface area contributed by atoms with Crippen LogP contribution in [-0.2, 0) is 23.8 Å². The number of aliphatic hydroxyl groups excluding tert-OH is 3. The first-order valence-electron chi connectivity index (χ1n) is 11.8. The van der Waals surface area contributed by atoms with Gasteiger partial charge in [0.05, 0.1) is 5.60 Å².